The van der Waals surface area contributed by atoms with E-state index in [9.17, 15) is 4.79 Å². The van der Waals surface area contributed by atoms with Gasteiger partial charge in [0.1, 0.15) is 0 Å². The molecule has 0 aliphatic carbocycles. The third-order valence-electron chi connectivity index (χ3n) is 2.51. The third kappa shape index (κ3) is 4.05. The van der Waals surface area contributed by atoms with Crippen molar-refractivity contribution >= 4 is 6.03 Å². The van der Waals surface area contributed by atoms with Gasteiger partial charge in [-0.25, -0.2) is 4.79 Å². The van der Waals surface area contributed by atoms with Crippen molar-refractivity contribution in [2.75, 3.05) is 32.9 Å². The number of rotatable bonds is 5. The minimum atomic E-state index is -0.0542. The van der Waals surface area contributed by atoms with Gasteiger partial charge in [-0.05, 0) is 19.8 Å². The van der Waals surface area contributed by atoms with Crippen LogP contribution in [0.2, 0.25) is 0 Å². The monoisotopic (exact) mass is 216 g/mol. The number of nitrogens with zero attached hydrogens (tertiary/aromatic N) is 1. The molecule has 2 N–H and O–H groups in total. The first kappa shape index (κ1) is 12.3. The highest BCUT2D eigenvalue weighted by molar-refractivity contribution is 5.74. The zero-order valence-corrected chi connectivity index (χ0v) is 9.24. The molecule has 1 aliphatic heterocycles. The fourth-order valence-electron chi connectivity index (χ4n) is 1.58. The number of amides is 2. The van der Waals surface area contributed by atoms with Gasteiger partial charge in [0.15, 0.2) is 0 Å². The van der Waals surface area contributed by atoms with Crippen molar-refractivity contribution in [3.63, 3.8) is 0 Å². The van der Waals surface area contributed by atoms with E-state index in [-0.39, 0.29) is 18.7 Å². The highest BCUT2D eigenvalue weighted by atomic mass is 16.5. The van der Waals surface area contributed by atoms with Crippen molar-refractivity contribution in [2.24, 2.45) is 0 Å². The number of carbonyl (C=O) groups excluding carboxylic acids is 1. The topological polar surface area (TPSA) is 61.8 Å². The number of hydrogen-bond donors (Lipinski definition) is 2. The third-order valence-corrected chi connectivity index (χ3v) is 2.51. The molecular formula is C10H20N2O3. The molecular weight excluding hydrogens is 196 g/mol. The minimum absolute atomic E-state index is 0.0542. The number of carbonyl (C=O) groups is 1. The number of urea groups is 1. The highest BCUT2D eigenvalue weighted by Gasteiger charge is 2.20. The summed E-state index contributed by atoms with van der Waals surface area (Å²) in [6, 6.07) is 0.0992. The SMILES string of the molecule is CCN(CCCO)C(=O)NC1CCOC1. The molecule has 5 heteroatoms. The van der Waals surface area contributed by atoms with E-state index in [1.54, 1.807) is 4.90 Å². The van der Waals surface area contributed by atoms with Crippen molar-refractivity contribution in [1.82, 2.24) is 10.2 Å². The van der Waals surface area contributed by atoms with E-state index in [4.69, 9.17) is 9.84 Å². The van der Waals surface area contributed by atoms with Crippen LogP contribution in [0.1, 0.15) is 19.8 Å². The first-order valence-electron chi connectivity index (χ1n) is 5.52. The molecule has 1 atom stereocenters. The summed E-state index contributed by atoms with van der Waals surface area (Å²) in [6.45, 7) is 4.67. The largest absolute Gasteiger partial charge is 0.396 e. The summed E-state index contributed by atoms with van der Waals surface area (Å²) in [7, 11) is 0. The second-order valence-corrected chi connectivity index (χ2v) is 3.67. The van der Waals surface area contributed by atoms with Crippen molar-refractivity contribution < 1.29 is 14.6 Å². The lowest BCUT2D eigenvalue weighted by Crippen LogP contribution is -2.45. The molecule has 1 rings (SSSR count). The molecule has 88 valence electrons. The van der Waals surface area contributed by atoms with E-state index in [2.05, 4.69) is 5.32 Å². The van der Waals surface area contributed by atoms with Gasteiger partial charge in [0, 0.05) is 26.3 Å². The maximum atomic E-state index is 11.7. The van der Waals surface area contributed by atoms with Crippen LogP contribution in [0.4, 0.5) is 4.79 Å². The molecule has 1 fully saturated rings. The van der Waals surface area contributed by atoms with E-state index in [0.29, 0.717) is 26.1 Å². The Morgan fingerprint density at radius 3 is 3.00 bits per heavy atom. The summed E-state index contributed by atoms with van der Waals surface area (Å²) in [5.41, 5.74) is 0. The summed E-state index contributed by atoms with van der Waals surface area (Å²) in [6.07, 6.45) is 1.52. The smallest absolute Gasteiger partial charge is 0.317 e. The average molecular weight is 216 g/mol. The summed E-state index contributed by atoms with van der Waals surface area (Å²) < 4.78 is 5.18. The number of hydrogen-bond acceptors (Lipinski definition) is 3. The van der Waals surface area contributed by atoms with Crippen molar-refractivity contribution in [2.45, 2.75) is 25.8 Å². The summed E-state index contributed by atoms with van der Waals surface area (Å²) >= 11 is 0. The molecule has 2 amide bonds. The molecule has 1 unspecified atom stereocenters. The molecule has 1 aliphatic rings. The maximum absolute atomic E-state index is 11.7. The first-order chi connectivity index (χ1) is 7.27. The van der Waals surface area contributed by atoms with E-state index >= 15 is 0 Å². The van der Waals surface area contributed by atoms with Crippen LogP contribution in [0.25, 0.3) is 0 Å². The molecule has 5 nitrogen and oxygen atoms in total. The highest BCUT2D eigenvalue weighted by Crippen LogP contribution is 2.04. The van der Waals surface area contributed by atoms with Crippen LogP contribution >= 0.6 is 0 Å². The van der Waals surface area contributed by atoms with Gasteiger partial charge >= 0.3 is 6.03 Å². The Morgan fingerprint density at radius 2 is 2.47 bits per heavy atom. The standard InChI is InChI=1S/C10H20N2O3/c1-2-12(5-3-6-13)10(14)11-9-4-7-15-8-9/h9,13H,2-8H2,1H3,(H,11,14). The van der Waals surface area contributed by atoms with Crippen LogP contribution in [-0.2, 0) is 4.74 Å². The normalized spacial score (nSPS) is 20.3. The van der Waals surface area contributed by atoms with Crippen molar-refractivity contribution in [1.29, 1.82) is 0 Å². The second-order valence-electron chi connectivity index (χ2n) is 3.67. The van der Waals surface area contributed by atoms with E-state index in [1.807, 2.05) is 6.92 Å². The van der Waals surface area contributed by atoms with Crippen LogP contribution in [0.5, 0.6) is 0 Å². The van der Waals surface area contributed by atoms with E-state index < -0.39 is 0 Å². The van der Waals surface area contributed by atoms with Gasteiger partial charge in [0.2, 0.25) is 0 Å². The zero-order valence-electron chi connectivity index (χ0n) is 9.24. The quantitative estimate of drug-likeness (QED) is 0.689. The van der Waals surface area contributed by atoms with Crippen LogP contribution in [0, 0.1) is 0 Å². The minimum Gasteiger partial charge on any atom is -0.396 e. The summed E-state index contributed by atoms with van der Waals surface area (Å²) in [5, 5.41) is 11.6. The fraction of sp³-hybridized carbons (Fsp3) is 0.900. The Hall–Kier alpha value is -0.810. The van der Waals surface area contributed by atoms with Gasteiger partial charge in [-0.1, -0.05) is 0 Å². The van der Waals surface area contributed by atoms with Crippen molar-refractivity contribution in [3.8, 4) is 0 Å². The molecule has 1 heterocycles. The molecule has 0 radical (unpaired) electrons. The van der Waals surface area contributed by atoms with Gasteiger partial charge in [-0.3, -0.25) is 0 Å². The predicted octanol–water partition coefficient (Wildman–Crippen LogP) is 0.189. The van der Waals surface area contributed by atoms with Gasteiger partial charge in [0.05, 0.1) is 12.6 Å². The molecule has 0 saturated carbocycles. The predicted molar refractivity (Wildman–Crippen MR) is 56.7 cm³/mol. The second kappa shape index (κ2) is 6.63. The van der Waals surface area contributed by atoms with Crippen LogP contribution in [-0.4, -0.2) is 55.0 Å². The maximum Gasteiger partial charge on any atom is 0.317 e. The zero-order chi connectivity index (χ0) is 11.1. The van der Waals surface area contributed by atoms with Gasteiger partial charge in [-0.2, -0.15) is 0 Å². The Balaban J connectivity index is 2.28. The first-order valence-corrected chi connectivity index (χ1v) is 5.52. The lowest BCUT2D eigenvalue weighted by molar-refractivity contribution is 0.176. The molecule has 0 aromatic heterocycles. The lowest BCUT2D eigenvalue weighted by Gasteiger charge is -2.22. The Bertz CT molecular complexity index is 193. The Kier molecular flexibility index (Phi) is 5.42. The van der Waals surface area contributed by atoms with Crippen LogP contribution in [0.15, 0.2) is 0 Å². The van der Waals surface area contributed by atoms with Crippen molar-refractivity contribution in [3.05, 3.63) is 0 Å². The van der Waals surface area contributed by atoms with E-state index in [1.165, 1.54) is 0 Å². The van der Waals surface area contributed by atoms with Gasteiger partial charge in [0.25, 0.3) is 0 Å². The number of aliphatic hydroxyl groups is 1. The van der Waals surface area contributed by atoms with Crippen LogP contribution in [0.3, 0.4) is 0 Å². The molecule has 0 aromatic carbocycles. The van der Waals surface area contributed by atoms with Gasteiger partial charge < -0.3 is 20.1 Å². The number of ether oxygens (including phenoxy) is 1. The average Bonchev–Trinajstić information content (AvgIpc) is 2.71. The molecule has 0 spiro atoms. The summed E-state index contributed by atoms with van der Waals surface area (Å²) in [4.78, 5) is 13.4. The lowest BCUT2D eigenvalue weighted by atomic mass is 10.3. The molecule has 0 aromatic rings. The van der Waals surface area contributed by atoms with E-state index in [0.717, 1.165) is 13.0 Å². The van der Waals surface area contributed by atoms with Crippen LogP contribution < -0.4 is 5.32 Å². The number of nitrogens with one attached hydrogen (secondary N) is 1. The Labute approximate surface area is 90.4 Å². The number of aliphatic hydroxyl groups excluding tert-OH is 1. The summed E-state index contributed by atoms with van der Waals surface area (Å²) in [5.74, 6) is 0. The Morgan fingerprint density at radius 1 is 1.67 bits per heavy atom. The molecule has 1 saturated heterocycles. The molecule has 0 bridgehead atoms. The fourth-order valence-corrected chi connectivity index (χ4v) is 1.58. The van der Waals surface area contributed by atoms with Gasteiger partial charge in [-0.15, -0.1) is 0 Å². The molecule has 15 heavy (non-hydrogen) atoms.